The number of anilines is 3. The Morgan fingerprint density at radius 3 is 2.43 bits per heavy atom. The van der Waals surface area contributed by atoms with Crippen LogP contribution in [0.1, 0.15) is 16.8 Å². The van der Waals surface area contributed by atoms with Gasteiger partial charge in [0.25, 0.3) is 0 Å². The minimum atomic E-state index is -4.40. The van der Waals surface area contributed by atoms with E-state index in [1.165, 1.54) is 13.0 Å². The third-order valence-corrected chi connectivity index (χ3v) is 2.80. The first-order valence-corrected chi connectivity index (χ1v) is 6.07. The number of nitrogens with one attached hydrogen (secondary N) is 2. The molecule has 0 unspecified atom stereocenters. The average Bonchev–Trinajstić information content (AvgIpc) is 2.39. The second-order valence-electron chi connectivity index (χ2n) is 4.51. The molecule has 0 bridgehead atoms. The maximum atomic E-state index is 12.9. The molecule has 0 fully saturated rings. The second-order valence-corrected chi connectivity index (χ2v) is 4.51. The highest BCUT2D eigenvalue weighted by atomic mass is 19.4. The number of nitrogens with zero attached hydrogens (tertiary/aromatic N) is 2. The van der Waals surface area contributed by atoms with Gasteiger partial charge < -0.3 is 5.32 Å². The number of rotatable bonds is 3. The normalized spacial score (nSPS) is 11.3. The molecule has 8 heteroatoms. The molecule has 0 radical (unpaired) electrons. The van der Waals surface area contributed by atoms with Crippen LogP contribution in [0, 0.1) is 13.8 Å². The third kappa shape index (κ3) is 3.60. The van der Waals surface area contributed by atoms with E-state index in [0.717, 1.165) is 6.07 Å². The van der Waals surface area contributed by atoms with E-state index < -0.39 is 11.7 Å². The van der Waals surface area contributed by atoms with Crippen molar-refractivity contribution >= 4 is 17.5 Å². The van der Waals surface area contributed by atoms with Gasteiger partial charge in [-0.1, -0.05) is 6.07 Å². The molecule has 2 aromatic rings. The van der Waals surface area contributed by atoms with E-state index in [1.54, 1.807) is 19.1 Å². The Balaban J connectivity index is 2.34. The first kappa shape index (κ1) is 15.0. The maximum absolute atomic E-state index is 12.9. The molecule has 0 spiro atoms. The van der Waals surface area contributed by atoms with Crippen LogP contribution in [0.4, 0.5) is 30.6 Å². The minimum Gasteiger partial charge on any atom is -0.340 e. The number of hydrogen-bond donors (Lipinski definition) is 3. The van der Waals surface area contributed by atoms with Crippen molar-refractivity contribution in [3.05, 3.63) is 41.1 Å². The molecule has 0 aliphatic rings. The summed E-state index contributed by atoms with van der Waals surface area (Å²) >= 11 is 0. The monoisotopic (exact) mass is 297 g/mol. The van der Waals surface area contributed by atoms with Crippen LogP contribution in [0.25, 0.3) is 0 Å². The van der Waals surface area contributed by atoms with Gasteiger partial charge in [-0.15, -0.1) is 0 Å². The number of hydrogen-bond acceptors (Lipinski definition) is 5. The number of alkyl halides is 3. The lowest BCUT2D eigenvalue weighted by Crippen LogP contribution is -2.12. The zero-order valence-electron chi connectivity index (χ0n) is 11.4. The van der Waals surface area contributed by atoms with Crippen molar-refractivity contribution in [3.8, 4) is 0 Å². The van der Waals surface area contributed by atoms with Crippen molar-refractivity contribution < 1.29 is 13.2 Å². The van der Waals surface area contributed by atoms with Gasteiger partial charge in [-0.25, -0.2) is 10.8 Å². The molecule has 2 rings (SSSR count). The molecule has 0 aliphatic heterocycles. The Hall–Kier alpha value is -2.35. The SMILES string of the molecule is Cc1cc(Nc2ccc(C)c(C(F)(F)F)c2)nc(NN)n1. The van der Waals surface area contributed by atoms with Gasteiger partial charge in [0.2, 0.25) is 5.95 Å². The number of aromatic nitrogens is 2. The molecule has 0 amide bonds. The summed E-state index contributed by atoms with van der Waals surface area (Å²) in [6.45, 7) is 3.14. The molecule has 5 nitrogen and oxygen atoms in total. The molecule has 1 heterocycles. The first-order chi connectivity index (χ1) is 9.79. The predicted molar refractivity (Wildman–Crippen MR) is 74.0 cm³/mol. The molecule has 4 N–H and O–H groups in total. The van der Waals surface area contributed by atoms with Crippen LogP contribution in [0.3, 0.4) is 0 Å². The Kier molecular flexibility index (Phi) is 3.99. The van der Waals surface area contributed by atoms with Crippen molar-refractivity contribution in [1.29, 1.82) is 0 Å². The van der Waals surface area contributed by atoms with Crippen LogP contribution in [0.5, 0.6) is 0 Å². The van der Waals surface area contributed by atoms with Crippen LogP contribution in [0.2, 0.25) is 0 Å². The Morgan fingerprint density at radius 1 is 1.10 bits per heavy atom. The summed E-state index contributed by atoms with van der Waals surface area (Å²) < 4.78 is 38.6. The number of aryl methyl sites for hydroxylation is 2. The van der Waals surface area contributed by atoms with Gasteiger partial charge in [0.05, 0.1) is 5.56 Å². The molecule has 0 saturated heterocycles. The van der Waals surface area contributed by atoms with E-state index in [2.05, 4.69) is 20.7 Å². The summed E-state index contributed by atoms with van der Waals surface area (Å²) in [5.41, 5.74) is 2.69. The van der Waals surface area contributed by atoms with E-state index in [-0.39, 0.29) is 17.2 Å². The standard InChI is InChI=1S/C13H14F3N5/c1-7-3-4-9(6-10(7)13(14,15)16)19-11-5-8(2)18-12(20-11)21-17/h3-6H,17H2,1-2H3,(H2,18,19,20,21). The largest absolute Gasteiger partial charge is 0.416 e. The summed E-state index contributed by atoms with van der Waals surface area (Å²) in [5.74, 6) is 5.77. The molecule has 112 valence electrons. The number of nitrogen functional groups attached to an aromatic ring is 1. The van der Waals surface area contributed by atoms with E-state index >= 15 is 0 Å². The lowest BCUT2D eigenvalue weighted by molar-refractivity contribution is -0.138. The molecule has 1 aromatic heterocycles. The zero-order valence-corrected chi connectivity index (χ0v) is 11.4. The van der Waals surface area contributed by atoms with Gasteiger partial charge in [0.1, 0.15) is 5.82 Å². The predicted octanol–water partition coefficient (Wildman–Crippen LogP) is 3.14. The van der Waals surface area contributed by atoms with Gasteiger partial charge in [-0.3, -0.25) is 5.43 Å². The Morgan fingerprint density at radius 2 is 1.81 bits per heavy atom. The number of hydrazine groups is 1. The lowest BCUT2D eigenvalue weighted by Gasteiger charge is -2.13. The van der Waals surface area contributed by atoms with Crippen LogP contribution < -0.4 is 16.6 Å². The van der Waals surface area contributed by atoms with Crippen LogP contribution in [-0.4, -0.2) is 9.97 Å². The first-order valence-electron chi connectivity index (χ1n) is 6.07. The average molecular weight is 297 g/mol. The van der Waals surface area contributed by atoms with Gasteiger partial charge in [-0.2, -0.15) is 18.2 Å². The fourth-order valence-electron chi connectivity index (χ4n) is 1.85. The summed E-state index contributed by atoms with van der Waals surface area (Å²) in [6, 6.07) is 5.61. The van der Waals surface area contributed by atoms with Crippen LogP contribution in [-0.2, 0) is 6.18 Å². The molecule has 0 atom stereocenters. The third-order valence-electron chi connectivity index (χ3n) is 2.80. The van der Waals surface area contributed by atoms with E-state index in [9.17, 15) is 13.2 Å². The summed E-state index contributed by atoms with van der Waals surface area (Å²) in [6.07, 6.45) is -4.40. The molecule has 0 aliphatic carbocycles. The second kappa shape index (κ2) is 5.57. The highest BCUT2D eigenvalue weighted by molar-refractivity contribution is 5.59. The molecule has 21 heavy (non-hydrogen) atoms. The Bertz CT molecular complexity index is 655. The van der Waals surface area contributed by atoms with Crippen LogP contribution in [0.15, 0.2) is 24.3 Å². The quantitative estimate of drug-likeness (QED) is 0.599. The van der Waals surface area contributed by atoms with Gasteiger partial charge in [-0.05, 0) is 31.5 Å². The molecular formula is C13H14F3N5. The highest BCUT2D eigenvalue weighted by Crippen LogP contribution is 2.34. The van der Waals surface area contributed by atoms with Gasteiger partial charge in [0, 0.05) is 17.4 Å². The molecule has 1 aromatic carbocycles. The minimum absolute atomic E-state index is 0.163. The van der Waals surface area contributed by atoms with Crippen molar-refractivity contribution in [3.63, 3.8) is 0 Å². The lowest BCUT2D eigenvalue weighted by atomic mass is 10.1. The van der Waals surface area contributed by atoms with Crippen molar-refractivity contribution in [2.75, 3.05) is 10.7 Å². The Labute approximate surface area is 119 Å². The highest BCUT2D eigenvalue weighted by Gasteiger charge is 2.32. The van der Waals surface area contributed by atoms with Crippen molar-refractivity contribution in [2.24, 2.45) is 5.84 Å². The van der Waals surface area contributed by atoms with Gasteiger partial charge in [0.15, 0.2) is 0 Å². The number of benzene rings is 1. The van der Waals surface area contributed by atoms with Crippen molar-refractivity contribution in [2.45, 2.75) is 20.0 Å². The zero-order chi connectivity index (χ0) is 15.6. The van der Waals surface area contributed by atoms with Crippen molar-refractivity contribution in [1.82, 2.24) is 9.97 Å². The van der Waals surface area contributed by atoms with E-state index in [0.29, 0.717) is 11.5 Å². The van der Waals surface area contributed by atoms with E-state index in [4.69, 9.17) is 5.84 Å². The number of nitrogens with two attached hydrogens (primary N) is 1. The summed E-state index contributed by atoms with van der Waals surface area (Å²) in [4.78, 5) is 8.02. The topological polar surface area (TPSA) is 75.9 Å². The van der Waals surface area contributed by atoms with E-state index in [1.807, 2.05) is 0 Å². The smallest absolute Gasteiger partial charge is 0.340 e. The summed E-state index contributed by atoms with van der Waals surface area (Å²) in [7, 11) is 0. The van der Waals surface area contributed by atoms with Crippen LogP contribution >= 0.6 is 0 Å². The summed E-state index contributed by atoms with van der Waals surface area (Å²) in [5, 5.41) is 2.81. The fraction of sp³-hybridized carbons (Fsp3) is 0.231. The maximum Gasteiger partial charge on any atom is 0.416 e. The number of halogens is 3. The molecular weight excluding hydrogens is 283 g/mol. The van der Waals surface area contributed by atoms with Gasteiger partial charge >= 0.3 is 6.18 Å². The molecule has 0 saturated carbocycles. The fourth-order valence-corrected chi connectivity index (χ4v) is 1.85.